The minimum absolute atomic E-state index is 0.127. The van der Waals surface area contributed by atoms with E-state index < -0.39 is 5.97 Å². The Labute approximate surface area is 235 Å². The molecule has 0 amide bonds. The van der Waals surface area contributed by atoms with E-state index in [1.807, 2.05) is 18.2 Å². The number of anilines is 1. The molecule has 2 aromatic carbocycles. The van der Waals surface area contributed by atoms with Crippen molar-refractivity contribution in [1.29, 1.82) is 0 Å². The molecular weight excluding hydrogens is 504 g/mol. The van der Waals surface area contributed by atoms with E-state index in [1.165, 1.54) is 11.1 Å². The van der Waals surface area contributed by atoms with Crippen molar-refractivity contribution in [3.8, 4) is 11.3 Å². The van der Waals surface area contributed by atoms with Crippen molar-refractivity contribution < 1.29 is 14.6 Å². The molecule has 5 rings (SSSR count). The fourth-order valence-corrected chi connectivity index (χ4v) is 5.08. The van der Waals surface area contributed by atoms with Crippen LogP contribution in [-0.2, 0) is 16.1 Å². The van der Waals surface area contributed by atoms with Crippen LogP contribution in [0, 0.1) is 0 Å². The Balaban J connectivity index is 1.12. The van der Waals surface area contributed by atoms with Gasteiger partial charge in [0.1, 0.15) is 17.8 Å². The van der Waals surface area contributed by atoms with Gasteiger partial charge in [-0.25, -0.2) is 9.97 Å². The zero-order chi connectivity index (χ0) is 27.7. The largest absolute Gasteiger partial charge is 0.481 e. The highest BCUT2D eigenvalue weighted by molar-refractivity contribution is 5.91. The zero-order valence-electron chi connectivity index (χ0n) is 23.1. The molecule has 3 N–H and O–H groups in total. The van der Waals surface area contributed by atoms with Gasteiger partial charge in [-0.15, -0.1) is 0 Å². The van der Waals surface area contributed by atoms with E-state index in [9.17, 15) is 4.79 Å². The van der Waals surface area contributed by atoms with Crippen LogP contribution in [-0.4, -0.2) is 81.8 Å². The number of nitrogens with one attached hydrogen (secondary N) is 2. The summed E-state index contributed by atoms with van der Waals surface area (Å²) in [6, 6.07) is 21.4. The van der Waals surface area contributed by atoms with Gasteiger partial charge in [0.25, 0.3) is 0 Å². The second kappa shape index (κ2) is 13.5. The Hall–Kier alpha value is -3.79. The lowest BCUT2D eigenvalue weighted by Gasteiger charge is -2.34. The van der Waals surface area contributed by atoms with Crippen LogP contribution >= 0.6 is 0 Å². The van der Waals surface area contributed by atoms with Crippen molar-refractivity contribution in [3.05, 3.63) is 78.1 Å². The van der Waals surface area contributed by atoms with Crippen molar-refractivity contribution in [2.45, 2.75) is 32.4 Å². The maximum atomic E-state index is 10.6. The lowest BCUT2D eigenvalue weighted by atomic mass is 10.1. The van der Waals surface area contributed by atoms with Crippen LogP contribution in [0.25, 0.3) is 22.3 Å². The summed E-state index contributed by atoms with van der Waals surface area (Å²) in [4.78, 5) is 27.9. The minimum atomic E-state index is -0.766. The topological polar surface area (TPSA) is 107 Å². The summed E-state index contributed by atoms with van der Waals surface area (Å²) in [5, 5.41) is 13.2. The molecule has 9 heteroatoms. The van der Waals surface area contributed by atoms with E-state index in [4.69, 9.17) is 9.84 Å². The molecule has 9 nitrogen and oxygen atoms in total. The van der Waals surface area contributed by atoms with E-state index in [0.717, 1.165) is 67.4 Å². The molecule has 1 atom stereocenters. The third kappa shape index (κ3) is 7.44. The zero-order valence-corrected chi connectivity index (χ0v) is 23.1. The van der Waals surface area contributed by atoms with Crippen LogP contribution in [0.4, 0.5) is 5.82 Å². The Kier molecular flexibility index (Phi) is 9.38. The number of fused-ring (bicyclic) bond motifs is 1. The molecule has 1 aliphatic rings. The fourth-order valence-electron chi connectivity index (χ4n) is 5.08. The standard InChI is InChI=1S/C31H38N6O3/c1-23(25-6-3-2-4-7-25)34-30-27-20-28(35-31(27)33-22-32-30)26-11-9-24(10-12-26)21-37-15-13-36(14-16-37)17-19-40-18-5-8-29(38)39/h2-4,6-7,9-12,20,22-23H,5,8,13-19,21H2,1H3,(H,38,39)(H2,32,33,34,35). The van der Waals surface area contributed by atoms with Crippen LogP contribution in [0.3, 0.4) is 0 Å². The molecule has 40 heavy (non-hydrogen) atoms. The van der Waals surface area contributed by atoms with Gasteiger partial charge in [-0.2, -0.15) is 0 Å². The summed E-state index contributed by atoms with van der Waals surface area (Å²) in [6.07, 6.45) is 2.34. The highest BCUT2D eigenvalue weighted by atomic mass is 16.5. The third-order valence-electron chi connectivity index (χ3n) is 7.45. The Morgan fingerprint density at radius 2 is 1.77 bits per heavy atom. The van der Waals surface area contributed by atoms with E-state index in [1.54, 1.807) is 6.33 Å². The number of benzene rings is 2. The number of carboxylic acids is 1. The molecule has 1 unspecified atom stereocenters. The molecule has 0 aliphatic carbocycles. The number of carboxylic acid groups (broad SMARTS) is 1. The van der Waals surface area contributed by atoms with Gasteiger partial charge in [-0.3, -0.25) is 14.6 Å². The molecule has 1 saturated heterocycles. The van der Waals surface area contributed by atoms with Gasteiger partial charge in [0.05, 0.1) is 12.0 Å². The van der Waals surface area contributed by atoms with Gasteiger partial charge in [0.15, 0.2) is 0 Å². The normalized spacial score (nSPS) is 15.3. The van der Waals surface area contributed by atoms with Crippen molar-refractivity contribution in [1.82, 2.24) is 24.8 Å². The number of H-pyrrole nitrogens is 1. The number of carbonyl (C=O) groups is 1. The highest BCUT2D eigenvalue weighted by Gasteiger charge is 2.17. The number of aromatic amines is 1. The first-order valence-corrected chi connectivity index (χ1v) is 14.0. The highest BCUT2D eigenvalue weighted by Crippen LogP contribution is 2.29. The first-order valence-electron chi connectivity index (χ1n) is 14.0. The van der Waals surface area contributed by atoms with E-state index in [2.05, 4.69) is 79.5 Å². The average Bonchev–Trinajstić information content (AvgIpc) is 3.42. The minimum Gasteiger partial charge on any atom is -0.481 e. The smallest absolute Gasteiger partial charge is 0.303 e. The van der Waals surface area contributed by atoms with Gasteiger partial charge in [-0.1, -0.05) is 54.6 Å². The second-order valence-corrected chi connectivity index (χ2v) is 10.4. The molecule has 0 radical (unpaired) electrons. The lowest BCUT2D eigenvalue weighted by molar-refractivity contribution is -0.137. The van der Waals surface area contributed by atoms with Crippen LogP contribution in [0.2, 0.25) is 0 Å². The molecule has 0 saturated carbocycles. The fraction of sp³-hybridized carbons (Fsp3) is 0.387. The number of piperazine rings is 1. The van der Waals surface area contributed by atoms with Crippen molar-refractivity contribution in [2.75, 3.05) is 51.3 Å². The van der Waals surface area contributed by atoms with Gasteiger partial charge >= 0.3 is 5.97 Å². The summed E-state index contributed by atoms with van der Waals surface area (Å²) >= 11 is 0. The Morgan fingerprint density at radius 3 is 2.52 bits per heavy atom. The first kappa shape index (κ1) is 27.8. The number of hydrogen-bond donors (Lipinski definition) is 3. The molecule has 4 aromatic rings. The Morgan fingerprint density at radius 1 is 1.02 bits per heavy atom. The summed E-state index contributed by atoms with van der Waals surface area (Å²) < 4.78 is 5.59. The molecule has 210 valence electrons. The molecule has 1 aliphatic heterocycles. The monoisotopic (exact) mass is 542 g/mol. The predicted molar refractivity (Wildman–Crippen MR) is 157 cm³/mol. The summed E-state index contributed by atoms with van der Waals surface area (Å²) in [5.74, 6) is 0.0578. The SMILES string of the molecule is CC(Nc1ncnc2[nH]c(-c3ccc(CN4CCN(CCOCCCC(=O)O)CC4)cc3)cc12)c1ccccc1. The maximum absolute atomic E-state index is 10.6. The van der Waals surface area contributed by atoms with E-state index >= 15 is 0 Å². The summed E-state index contributed by atoms with van der Waals surface area (Å²) in [5.41, 5.74) is 5.48. The molecule has 0 spiro atoms. The predicted octanol–water partition coefficient (Wildman–Crippen LogP) is 4.80. The number of aliphatic carboxylic acids is 1. The molecule has 0 bridgehead atoms. The van der Waals surface area contributed by atoms with Crippen molar-refractivity contribution in [2.24, 2.45) is 0 Å². The maximum Gasteiger partial charge on any atom is 0.303 e. The van der Waals surface area contributed by atoms with Crippen molar-refractivity contribution >= 4 is 22.8 Å². The van der Waals surface area contributed by atoms with Crippen LogP contribution in [0.1, 0.15) is 36.9 Å². The van der Waals surface area contributed by atoms with Crippen LogP contribution in [0.5, 0.6) is 0 Å². The van der Waals surface area contributed by atoms with Crippen LogP contribution < -0.4 is 5.32 Å². The summed E-state index contributed by atoms with van der Waals surface area (Å²) in [6.45, 7) is 9.23. The van der Waals surface area contributed by atoms with Gasteiger partial charge in [0, 0.05) is 64.0 Å². The number of ether oxygens (including phenoxy) is 1. The lowest BCUT2D eigenvalue weighted by Crippen LogP contribution is -2.46. The second-order valence-electron chi connectivity index (χ2n) is 10.4. The quantitative estimate of drug-likeness (QED) is 0.207. The van der Waals surface area contributed by atoms with Crippen LogP contribution in [0.15, 0.2) is 67.0 Å². The van der Waals surface area contributed by atoms with Gasteiger partial charge in [-0.05, 0) is 36.1 Å². The number of rotatable bonds is 13. The first-order chi connectivity index (χ1) is 19.5. The summed E-state index contributed by atoms with van der Waals surface area (Å²) in [7, 11) is 0. The number of nitrogens with zero attached hydrogens (tertiary/aromatic N) is 4. The van der Waals surface area contributed by atoms with Crippen molar-refractivity contribution in [3.63, 3.8) is 0 Å². The van der Waals surface area contributed by atoms with Gasteiger partial charge < -0.3 is 20.1 Å². The molecular formula is C31H38N6O3. The number of aromatic nitrogens is 3. The Bertz CT molecular complexity index is 1370. The molecule has 2 aromatic heterocycles. The van der Waals surface area contributed by atoms with E-state index in [-0.39, 0.29) is 12.5 Å². The van der Waals surface area contributed by atoms with E-state index in [0.29, 0.717) is 19.6 Å². The average molecular weight is 543 g/mol. The number of hydrogen-bond acceptors (Lipinski definition) is 7. The third-order valence-corrected chi connectivity index (χ3v) is 7.45. The molecule has 3 heterocycles. The van der Waals surface area contributed by atoms with Gasteiger partial charge in [0.2, 0.25) is 0 Å². The molecule has 1 fully saturated rings.